The molecule has 0 spiro atoms. The zero-order chi connectivity index (χ0) is 14.4. The van der Waals surface area contributed by atoms with Crippen molar-refractivity contribution in [3.8, 4) is 16.9 Å². The smallest absolute Gasteiger partial charge is 0.276 e. The Morgan fingerprint density at radius 3 is 2.40 bits per heavy atom. The number of phenols is 1. The molecular weight excluding hydrogens is 290 g/mol. The normalized spacial score (nSPS) is 14.3. The number of halogens is 3. The van der Waals surface area contributed by atoms with E-state index in [9.17, 15) is 18.7 Å². The van der Waals surface area contributed by atoms with Crippen molar-refractivity contribution in [2.45, 2.75) is 25.9 Å². The molecule has 0 aliphatic carbocycles. The molecule has 1 aromatic heterocycles. The number of benzene rings is 1. The summed E-state index contributed by atoms with van der Waals surface area (Å²) in [7, 11) is 0. The summed E-state index contributed by atoms with van der Waals surface area (Å²) in [5.74, 6) is -2.72. The van der Waals surface area contributed by atoms with E-state index in [2.05, 4.69) is 0 Å². The van der Waals surface area contributed by atoms with Crippen LogP contribution in [-0.4, -0.2) is 14.5 Å². The average Bonchev–Trinajstić information content (AvgIpc) is 2.68. The molecule has 4 nitrogen and oxygen atoms in total. The van der Waals surface area contributed by atoms with E-state index in [1.807, 2.05) is 0 Å². The molecule has 1 N–H and O–H groups in total. The van der Waals surface area contributed by atoms with Gasteiger partial charge in [-0.1, -0.05) is 11.6 Å². The van der Waals surface area contributed by atoms with Crippen molar-refractivity contribution in [2.75, 3.05) is 0 Å². The molecule has 0 unspecified atom stereocenters. The Morgan fingerprint density at radius 1 is 1.10 bits per heavy atom. The first-order valence-electron chi connectivity index (χ1n) is 6.18. The molecule has 3 rings (SSSR count). The first-order valence-corrected chi connectivity index (χ1v) is 6.56. The molecule has 0 atom stereocenters. The van der Waals surface area contributed by atoms with E-state index in [1.165, 1.54) is 4.68 Å². The molecule has 7 heteroatoms. The number of hydrogen-bond donors (Lipinski definition) is 1. The van der Waals surface area contributed by atoms with Crippen molar-refractivity contribution in [2.24, 2.45) is 0 Å². The van der Waals surface area contributed by atoms with Gasteiger partial charge in [-0.3, -0.25) is 9.48 Å². The summed E-state index contributed by atoms with van der Waals surface area (Å²) in [5, 5.41) is 9.48. The maximum Gasteiger partial charge on any atom is 0.276 e. The van der Waals surface area contributed by atoms with E-state index in [1.54, 1.807) is 4.68 Å². The molecule has 0 saturated heterocycles. The van der Waals surface area contributed by atoms with Crippen molar-refractivity contribution in [1.29, 1.82) is 0 Å². The fraction of sp³-hybridized carbons (Fsp3) is 0.308. The molecule has 1 aliphatic heterocycles. The Hall–Kier alpha value is -1.82. The molecule has 106 valence electrons. The average molecular weight is 301 g/mol. The van der Waals surface area contributed by atoms with Gasteiger partial charge in [0.1, 0.15) is 11.0 Å². The second kappa shape index (κ2) is 4.63. The predicted molar refractivity (Wildman–Crippen MR) is 70.0 cm³/mol. The highest BCUT2D eigenvalue weighted by atomic mass is 35.5. The van der Waals surface area contributed by atoms with Crippen LogP contribution in [0.5, 0.6) is 5.75 Å². The van der Waals surface area contributed by atoms with E-state index in [0.29, 0.717) is 19.2 Å². The maximum atomic E-state index is 13.9. The van der Waals surface area contributed by atoms with Crippen LogP contribution in [-0.2, 0) is 13.1 Å². The highest BCUT2D eigenvalue weighted by Gasteiger charge is 2.24. The Kier molecular flexibility index (Phi) is 3.05. The van der Waals surface area contributed by atoms with E-state index in [0.717, 1.165) is 18.9 Å². The van der Waals surface area contributed by atoms with Crippen molar-refractivity contribution < 1.29 is 13.9 Å². The van der Waals surface area contributed by atoms with Crippen LogP contribution in [0.1, 0.15) is 12.8 Å². The van der Waals surface area contributed by atoms with Crippen LogP contribution in [0, 0.1) is 11.6 Å². The molecule has 0 saturated carbocycles. The van der Waals surface area contributed by atoms with Gasteiger partial charge in [-0.25, -0.2) is 13.5 Å². The summed E-state index contributed by atoms with van der Waals surface area (Å²) in [5.41, 5.74) is -0.658. The predicted octanol–water partition coefficient (Wildman–Crippen LogP) is 2.75. The third-order valence-electron chi connectivity index (χ3n) is 3.47. The molecular formula is C13H11ClF2N2O2. The highest BCUT2D eigenvalue weighted by molar-refractivity contribution is 6.32. The highest BCUT2D eigenvalue weighted by Crippen LogP contribution is 2.32. The summed E-state index contributed by atoms with van der Waals surface area (Å²) in [6.45, 7) is 1.08. The molecule has 0 fully saturated rings. The third-order valence-corrected chi connectivity index (χ3v) is 3.85. The minimum atomic E-state index is -1.08. The lowest BCUT2D eigenvalue weighted by atomic mass is 10.1. The first kappa shape index (κ1) is 13.2. The van der Waals surface area contributed by atoms with Gasteiger partial charge in [-0.05, 0) is 18.9 Å². The van der Waals surface area contributed by atoms with Crippen molar-refractivity contribution in [1.82, 2.24) is 9.36 Å². The summed E-state index contributed by atoms with van der Waals surface area (Å²) >= 11 is 6.15. The topological polar surface area (TPSA) is 47.2 Å². The number of rotatable bonds is 1. The van der Waals surface area contributed by atoms with Gasteiger partial charge < -0.3 is 5.11 Å². The van der Waals surface area contributed by atoms with Gasteiger partial charge in [0.05, 0.1) is 5.56 Å². The summed E-state index contributed by atoms with van der Waals surface area (Å²) in [6, 6.07) is 1.43. The van der Waals surface area contributed by atoms with Crippen LogP contribution in [0.25, 0.3) is 11.1 Å². The molecule has 0 amide bonds. The van der Waals surface area contributed by atoms with Crippen LogP contribution in [0.4, 0.5) is 8.78 Å². The van der Waals surface area contributed by atoms with Gasteiger partial charge in [-0.15, -0.1) is 0 Å². The maximum absolute atomic E-state index is 13.9. The number of phenolic OH excluding ortho intramolecular Hbond substituents is 1. The van der Waals surface area contributed by atoms with Crippen molar-refractivity contribution >= 4 is 11.6 Å². The van der Waals surface area contributed by atoms with Gasteiger partial charge in [0.2, 0.25) is 0 Å². The Labute approximate surface area is 117 Å². The second-order valence-corrected chi connectivity index (χ2v) is 5.07. The molecule has 0 radical (unpaired) electrons. The number of nitrogens with zero attached hydrogens (tertiary/aromatic N) is 2. The monoisotopic (exact) mass is 300 g/mol. The van der Waals surface area contributed by atoms with Gasteiger partial charge >= 0.3 is 0 Å². The third kappa shape index (κ3) is 1.83. The quantitative estimate of drug-likeness (QED) is 0.880. The van der Waals surface area contributed by atoms with E-state index >= 15 is 0 Å². The summed E-state index contributed by atoms with van der Waals surface area (Å²) in [4.78, 5) is 12.3. The van der Waals surface area contributed by atoms with Crippen LogP contribution in [0.2, 0.25) is 5.15 Å². The van der Waals surface area contributed by atoms with E-state index in [4.69, 9.17) is 11.6 Å². The second-order valence-electron chi connectivity index (χ2n) is 4.71. The van der Waals surface area contributed by atoms with Gasteiger partial charge in [0, 0.05) is 24.7 Å². The van der Waals surface area contributed by atoms with Gasteiger partial charge in [0.15, 0.2) is 11.6 Å². The fourth-order valence-electron chi connectivity index (χ4n) is 2.48. The van der Waals surface area contributed by atoms with Gasteiger partial charge in [-0.2, -0.15) is 0 Å². The Morgan fingerprint density at radius 2 is 1.75 bits per heavy atom. The van der Waals surface area contributed by atoms with Crippen LogP contribution >= 0.6 is 11.6 Å². The van der Waals surface area contributed by atoms with Crippen LogP contribution < -0.4 is 5.56 Å². The van der Waals surface area contributed by atoms with E-state index in [-0.39, 0.29) is 16.3 Å². The number of aromatic nitrogens is 2. The minimum Gasteiger partial charge on any atom is -0.505 e. The summed E-state index contributed by atoms with van der Waals surface area (Å²) < 4.78 is 30.0. The lowest BCUT2D eigenvalue weighted by Gasteiger charge is -2.17. The Bertz CT molecular complexity index is 752. The minimum absolute atomic E-state index is 0.0404. The molecule has 2 aromatic rings. The lowest BCUT2D eigenvalue weighted by molar-refractivity contribution is 0.356. The van der Waals surface area contributed by atoms with Crippen molar-refractivity contribution in [3.63, 3.8) is 0 Å². The van der Waals surface area contributed by atoms with Crippen LogP contribution in [0.15, 0.2) is 16.9 Å². The van der Waals surface area contributed by atoms with Gasteiger partial charge in [0.25, 0.3) is 5.56 Å². The first-order chi connectivity index (χ1) is 9.50. The zero-order valence-electron chi connectivity index (χ0n) is 10.4. The number of hydrogen-bond acceptors (Lipinski definition) is 2. The zero-order valence-corrected chi connectivity index (χ0v) is 11.1. The molecule has 0 bridgehead atoms. The summed E-state index contributed by atoms with van der Waals surface area (Å²) in [6.07, 6.45) is 1.72. The van der Waals surface area contributed by atoms with Crippen molar-refractivity contribution in [3.05, 3.63) is 39.3 Å². The molecule has 1 aromatic carbocycles. The Balaban J connectivity index is 2.28. The lowest BCUT2D eigenvalue weighted by Crippen LogP contribution is -2.27. The van der Waals surface area contributed by atoms with E-state index < -0.39 is 22.9 Å². The molecule has 1 aliphatic rings. The SMILES string of the molecule is O=c1c(-c2cc(O)c(F)cc2F)c(Cl)n2n1CCCC2. The fourth-order valence-corrected chi connectivity index (χ4v) is 2.84. The largest absolute Gasteiger partial charge is 0.505 e. The standard InChI is InChI=1S/C13H11ClF2N2O2/c14-12-11(7-5-10(19)9(16)6-8(7)15)13(20)18-4-2-1-3-17(12)18/h5-6,19H,1-4H2. The molecule has 2 heterocycles. The van der Waals surface area contributed by atoms with Crippen LogP contribution in [0.3, 0.4) is 0 Å². The number of aromatic hydroxyl groups is 1. The number of fused-ring (bicyclic) bond motifs is 1. The molecule has 20 heavy (non-hydrogen) atoms.